The predicted octanol–water partition coefficient (Wildman–Crippen LogP) is 2.95. The van der Waals surface area contributed by atoms with Crippen LogP contribution in [-0.2, 0) is 0 Å². The third-order valence-electron chi connectivity index (χ3n) is 3.66. The van der Waals surface area contributed by atoms with Gasteiger partial charge in [-0.2, -0.15) is 0 Å². The molecule has 0 aliphatic heterocycles. The summed E-state index contributed by atoms with van der Waals surface area (Å²) in [4.78, 5) is 13.0. The molecule has 0 aromatic carbocycles. The minimum atomic E-state index is -0.467. The minimum absolute atomic E-state index is 0.210. The molecule has 0 radical (unpaired) electrons. The fourth-order valence-corrected chi connectivity index (χ4v) is 2.96. The molecule has 114 valence electrons. The predicted molar refractivity (Wildman–Crippen MR) is 84.2 cm³/mol. The maximum atomic E-state index is 11.7. The lowest BCUT2D eigenvalue weighted by atomic mass is 9.97. The molecular formula is C15H26N2O2S. The summed E-state index contributed by atoms with van der Waals surface area (Å²) in [6.45, 7) is 7.12. The number of hydrogen-bond donors (Lipinski definition) is 3. The van der Waals surface area contributed by atoms with Gasteiger partial charge in [-0.1, -0.05) is 39.7 Å². The Morgan fingerprint density at radius 1 is 1.30 bits per heavy atom. The second kappa shape index (κ2) is 8.97. The molecule has 1 aromatic rings. The van der Waals surface area contributed by atoms with Crippen molar-refractivity contribution >= 4 is 17.4 Å². The van der Waals surface area contributed by atoms with E-state index in [1.54, 1.807) is 11.3 Å². The summed E-state index contributed by atoms with van der Waals surface area (Å²) < 4.78 is 0. The van der Waals surface area contributed by atoms with Crippen LogP contribution in [0.15, 0.2) is 17.5 Å². The van der Waals surface area contributed by atoms with Crippen molar-refractivity contribution in [3.8, 4) is 0 Å². The summed E-state index contributed by atoms with van der Waals surface area (Å²) in [6, 6.07) is 3.88. The number of hydrogen-bond acceptors (Lipinski definition) is 3. The van der Waals surface area contributed by atoms with Gasteiger partial charge in [-0.25, -0.2) is 4.79 Å². The Hall–Kier alpha value is -1.07. The van der Waals surface area contributed by atoms with Crippen molar-refractivity contribution in [3.05, 3.63) is 22.4 Å². The molecule has 0 saturated carbocycles. The fraction of sp³-hybridized carbons (Fsp3) is 0.667. The summed E-state index contributed by atoms with van der Waals surface area (Å²) in [5.41, 5.74) is 0. The number of carbonyl (C=O) groups is 1. The van der Waals surface area contributed by atoms with Crippen LogP contribution in [0.5, 0.6) is 0 Å². The number of urea groups is 1. The standard InChI is InChI=1S/C15H26N2O2S/c1-4-12(5-2)13(18)10-17-15(19)16-9-11(3)14-7-6-8-20-14/h6-8,11-13,18H,4-5,9-10H2,1-3H3,(H2,16,17,19). The number of carbonyl (C=O) groups excluding carboxylic acids is 1. The largest absolute Gasteiger partial charge is 0.391 e. The second-order valence-electron chi connectivity index (χ2n) is 5.15. The molecule has 2 unspecified atom stereocenters. The maximum Gasteiger partial charge on any atom is 0.314 e. The molecule has 4 nitrogen and oxygen atoms in total. The average Bonchev–Trinajstić information content (AvgIpc) is 2.98. The number of aliphatic hydroxyl groups is 1. The van der Waals surface area contributed by atoms with Crippen molar-refractivity contribution in [1.82, 2.24) is 10.6 Å². The Kier molecular flexibility index (Phi) is 7.62. The third kappa shape index (κ3) is 5.51. The van der Waals surface area contributed by atoms with Crippen LogP contribution in [0.4, 0.5) is 4.79 Å². The molecule has 0 saturated heterocycles. The number of rotatable bonds is 8. The van der Waals surface area contributed by atoms with Crippen LogP contribution in [0.2, 0.25) is 0 Å². The van der Waals surface area contributed by atoms with Gasteiger partial charge in [0.25, 0.3) is 0 Å². The molecule has 5 heteroatoms. The van der Waals surface area contributed by atoms with Gasteiger partial charge in [0, 0.05) is 23.9 Å². The fourth-order valence-electron chi connectivity index (χ4n) is 2.18. The van der Waals surface area contributed by atoms with E-state index >= 15 is 0 Å². The highest BCUT2D eigenvalue weighted by Gasteiger charge is 2.16. The quantitative estimate of drug-likeness (QED) is 0.691. The third-order valence-corrected chi connectivity index (χ3v) is 4.77. The molecular weight excluding hydrogens is 272 g/mol. The molecule has 1 aromatic heterocycles. The average molecular weight is 298 g/mol. The monoisotopic (exact) mass is 298 g/mol. The van der Waals surface area contributed by atoms with Crippen LogP contribution in [0.1, 0.15) is 44.4 Å². The Morgan fingerprint density at radius 2 is 1.95 bits per heavy atom. The minimum Gasteiger partial charge on any atom is -0.391 e. The molecule has 2 atom stereocenters. The topological polar surface area (TPSA) is 61.4 Å². The van der Waals surface area contributed by atoms with Crippen LogP contribution >= 0.6 is 11.3 Å². The summed E-state index contributed by atoms with van der Waals surface area (Å²) >= 11 is 1.70. The molecule has 0 aliphatic carbocycles. The lowest BCUT2D eigenvalue weighted by Gasteiger charge is -2.20. The molecule has 1 heterocycles. The first-order valence-corrected chi connectivity index (χ1v) is 8.19. The van der Waals surface area contributed by atoms with Gasteiger partial charge < -0.3 is 15.7 Å². The van der Waals surface area contributed by atoms with Crippen molar-refractivity contribution in [2.75, 3.05) is 13.1 Å². The molecule has 3 N–H and O–H groups in total. The van der Waals surface area contributed by atoms with Gasteiger partial charge in [-0.15, -0.1) is 11.3 Å². The molecule has 1 rings (SSSR count). The van der Waals surface area contributed by atoms with E-state index in [-0.39, 0.29) is 11.9 Å². The number of nitrogens with one attached hydrogen (secondary N) is 2. The van der Waals surface area contributed by atoms with Crippen LogP contribution in [0.3, 0.4) is 0 Å². The van der Waals surface area contributed by atoms with Crippen LogP contribution in [-0.4, -0.2) is 30.3 Å². The first-order valence-electron chi connectivity index (χ1n) is 7.31. The van der Waals surface area contributed by atoms with E-state index in [1.165, 1.54) is 4.88 Å². The Balaban J connectivity index is 2.23. The van der Waals surface area contributed by atoms with Crippen LogP contribution in [0, 0.1) is 5.92 Å². The number of amides is 2. The molecule has 0 bridgehead atoms. The molecule has 2 amide bonds. The molecule has 0 fully saturated rings. The van der Waals surface area contributed by atoms with Crippen molar-refractivity contribution in [3.63, 3.8) is 0 Å². The van der Waals surface area contributed by atoms with Crippen molar-refractivity contribution in [1.29, 1.82) is 0 Å². The van der Waals surface area contributed by atoms with Crippen LogP contribution in [0.25, 0.3) is 0 Å². The maximum absolute atomic E-state index is 11.7. The van der Waals surface area contributed by atoms with Gasteiger partial charge in [-0.3, -0.25) is 0 Å². The van der Waals surface area contributed by atoms with Crippen LogP contribution < -0.4 is 10.6 Å². The number of thiophene rings is 1. The van der Waals surface area contributed by atoms with E-state index in [4.69, 9.17) is 0 Å². The first-order chi connectivity index (χ1) is 9.58. The zero-order valence-corrected chi connectivity index (χ0v) is 13.4. The van der Waals surface area contributed by atoms with E-state index in [0.717, 1.165) is 12.8 Å². The smallest absolute Gasteiger partial charge is 0.314 e. The highest BCUT2D eigenvalue weighted by atomic mass is 32.1. The summed E-state index contributed by atoms with van der Waals surface area (Å²) in [6.07, 6.45) is 1.39. The van der Waals surface area contributed by atoms with E-state index in [1.807, 2.05) is 11.4 Å². The zero-order valence-electron chi connectivity index (χ0n) is 12.6. The zero-order chi connectivity index (χ0) is 15.0. The summed E-state index contributed by atoms with van der Waals surface area (Å²) in [7, 11) is 0. The van der Waals surface area contributed by atoms with E-state index in [9.17, 15) is 9.90 Å². The van der Waals surface area contributed by atoms with E-state index in [2.05, 4.69) is 37.5 Å². The lowest BCUT2D eigenvalue weighted by molar-refractivity contribution is 0.103. The molecule has 0 aliphatic rings. The Morgan fingerprint density at radius 3 is 2.50 bits per heavy atom. The van der Waals surface area contributed by atoms with Crippen molar-refractivity contribution in [2.45, 2.75) is 45.6 Å². The van der Waals surface area contributed by atoms with Crippen molar-refractivity contribution in [2.24, 2.45) is 5.92 Å². The summed E-state index contributed by atoms with van der Waals surface area (Å²) in [5, 5.41) is 17.6. The van der Waals surface area contributed by atoms with Crippen molar-refractivity contribution < 1.29 is 9.90 Å². The summed E-state index contributed by atoms with van der Waals surface area (Å²) in [5.74, 6) is 0.560. The van der Waals surface area contributed by atoms with Gasteiger partial charge in [0.2, 0.25) is 0 Å². The molecule has 20 heavy (non-hydrogen) atoms. The first kappa shape index (κ1) is 17.0. The van der Waals surface area contributed by atoms with E-state index < -0.39 is 6.10 Å². The normalized spacial score (nSPS) is 14.1. The second-order valence-corrected chi connectivity index (χ2v) is 6.13. The lowest BCUT2D eigenvalue weighted by Crippen LogP contribution is -2.42. The van der Waals surface area contributed by atoms with Gasteiger partial charge in [0.1, 0.15) is 0 Å². The van der Waals surface area contributed by atoms with Gasteiger partial charge in [-0.05, 0) is 17.4 Å². The Labute approximate surface area is 125 Å². The number of aliphatic hydroxyl groups excluding tert-OH is 1. The van der Waals surface area contributed by atoms with Gasteiger partial charge in [0.15, 0.2) is 0 Å². The van der Waals surface area contributed by atoms with Gasteiger partial charge >= 0.3 is 6.03 Å². The highest BCUT2D eigenvalue weighted by Crippen LogP contribution is 2.19. The van der Waals surface area contributed by atoms with Gasteiger partial charge in [0.05, 0.1) is 6.10 Å². The molecule has 0 spiro atoms. The highest BCUT2D eigenvalue weighted by molar-refractivity contribution is 7.10. The SMILES string of the molecule is CCC(CC)C(O)CNC(=O)NCC(C)c1cccs1. The van der Waals surface area contributed by atoms with E-state index in [0.29, 0.717) is 19.0 Å². The Bertz CT molecular complexity index is 377.